The Hall–Kier alpha value is -1.18. The van der Waals surface area contributed by atoms with E-state index in [0.717, 1.165) is 12.0 Å². The van der Waals surface area contributed by atoms with Gasteiger partial charge in [0.1, 0.15) is 5.82 Å². The predicted octanol–water partition coefficient (Wildman–Crippen LogP) is 3.37. The van der Waals surface area contributed by atoms with E-state index >= 15 is 0 Å². The third-order valence-corrected chi connectivity index (χ3v) is 1.86. The molecule has 1 unspecified atom stereocenters. The average molecular weight is 179 g/mol. The maximum atomic E-state index is 12.6. The molecule has 2 heteroatoms. The molecule has 13 heavy (non-hydrogen) atoms. The van der Waals surface area contributed by atoms with Crippen LogP contribution in [0.15, 0.2) is 29.3 Å². The predicted molar refractivity (Wildman–Crippen MR) is 53.6 cm³/mol. The zero-order chi connectivity index (χ0) is 9.68. The summed E-state index contributed by atoms with van der Waals surface area (Å²) in [4.78, 5) is 4.30. The smallest absolute Gasteiger partial charge is 0.123 e. The van der Waals surface area contributed by atoms with Gasteiger partial charge in [-0.2, -0.15) is 0 Å². The Kier molecular flexibility index (Phi) is 3.62. The SMILES string of the molecule is CCC=NC(C)c1ccc(F)cc1. The summed E-state index contributed by atoms with van der Waals surface area (Å²) >= 11 is 0. The van der Waals surface area contributed by atoms with Crippen molar-refractivity contribution in [2.45, 2.75) is 26.3 Å². The van der Waals surface area contributed by atoms with Crippen molar-refractivity contribution >= 4 is 6.21 Å². The molecule has 0 aliphatic rings. The van der Waals surface area contributed by atoms with Gasteiger partial charge in [0.25, 0.3) is 0 Å². The first kappa shape index (κ1) is 9.90. The molecule has 1 aromatic carbocycles. The van der Waals surface area contributed by atoms with Crippen LogP contribution in [0.25, 0.3) is 0 Å². The summed E-state index contributed by atoms with van der Waals surface area (Å²) < 4.78 is 12.6. The van der Waals surface area contributed by atoms with Gasteiger partial charge in [-0.05, 0) is 37.3 Å². The van der Waals surface area contributed by atoms with E-state index in [9.17, 15) is 4.39 Å². The second-order valence-corrected chi connectivity index (χ2v) is 2.97. The van der Waals surface area contributed by atoms with Crippen LogP contribution in [0.5, 0.6) is 0 Å². The molecule has 70 valence electrons. The summed E-state index contributed by atoms with van der Waals surface area (Å²) in [7, 11) is 0. The van der Waals surface area contributed by atoms with Crippen LogP contribution in [-0.4, -0.2) is 6.21 Å². The lowest BCUT2D eigenvalue weighted by Gasteiger charge is -2.05. The van der Waals surface area contributed by atoms with Crippen LogP contribution < -0.4 is 0 Å². The minimum atomic E-state index is -0.199. The van der Waals surface area contributed by atoms with Crippen molar-refractivity contribution in [1.82, 2.24) is 0 Å². The molecule has 1 atom stereocenters. The Labute approximate surface area is 78.3 Å². The van der Waals surface area contributed by atoms with Crippen molar-refractivity contribution < 1.29 is 4.39 Å². The van der Waals surface area contributed by atoms with Gasteiger partial charge >= 0.3 is 0 Å². The van der Waals surface area contributed by atoms with Gasteiger partial charge in [0.05, 0.1) is 6.04 Å². The molecule has 0 spiro atoms. The molecule has 1 aromatic rings. The molecule has 0 fully saturated rings. The lowest BCUT2D eigenvalue weighted by Crippen LogP contribution is -1.90. The van der Waals surface area contributed by atoms with Gasteiger partial charge in [0, 0.05) is 0 Å². The molecule has 0 radical (unpaired) electrons. The van der Waals surface area contributed by atoms with Gasteiger partial charge < -0.3 is 0 Å². The Morgan fingerprint density at radius 1 is 1.38 bits per heavy atom. The van der Waals surface area contributed by atoms with Crippen LogP contribution in [0.4, 0.5) is 4.39 Å². The fourth-order valence-corrected chi connectivity index (χ4v) is 1.09. The molecule has 0 amide bonds. The zero-order valence-electron chi connectivity index (χ0n) is 8.00. The number of rotatable bonds is 3. The summed E-state index contributed by atoms with van der Waals surface area (Å²) in [5.74, 6) is -0.199. The van der Waals surface area contributed by atoms with Gasteiger partial charge in [-0.15, -0.1) is 0 Å². The minimum Gasteiger partial charge on any atom is -0.290 e. The number of benzene rings is 1. The quantitative estimate of drug-likeness (QED) is 0.631. The van der Waals surface area contributed by atoms with Gasteiger partial charge in [-0.3, -0.25) is 4.99 Å². The van der Waals surface area contributed by atoms with Crippen molar-refractivity contribution in [1.29, 1.82) is 0 Å². The van der Waals surface area contributed by atoms with E-state index in [1.165, 1.54) is 12.1 Å². The van der Waals surface area contributed by atoms with Crippen molar-refractivity contribution in [3.8, 4) is 0 Å². The summed E-state index contributed by atoms with van der Waals surface area (Å²) in [6.07, 6.45) is 2.82. The van der Waals surface area contributed by atoms with E-state index in [-0.39, 0.29) is 11.9 Å². The number of halogens is 1. The summed E-state index contributed by atoms with van der Waals surface area (Å²) in [6, 6.07) is 6.60. The molecule has 0 heterocycles. The van der Waals surface area contributed by atoms with Crippen LogP contribution in [0.1, 0.15) is 31.9 Å². The number of hydrogen-bond donors (Lipinski definition) is 0. The fourth-order valence-electron chi connectivity index (χ4n) is 1.09. The minimum absolute atomic E-state index is 0.126. The van der Waals surface area contributed by atoms with E-state index in [1.54, 1.807) is 12.1 Å². The second-order valence-electron chi connectivity index (χ2n) is 2.97. The largest absolute Gasteiger partial charge is 0.290 e. The lowest BCUT2D eigenvalue weighted by atomic mass is 10.1. The first-order valence-corrected chi connectivity index (χ1v) is 4.51. The third-order valence-electron chi connectivity index (χ3n) is 1.86. The van der Waals surface area contributed by atoms with Gasteiger partial charge in [0.2, 0.25) is 0 Å². The highest BCUT2D eigenvalue weighted by Crippen LogP contribution is 2.16. The van der Waals surface area contributed by atoms with E-state index in [0.29, 0.717) is 0 Å². The highest BCUT2D eigenvalue weighted by atomic mass is 19.1. The van der Waals surface area contributed by atoms with Crippen LogP contribution in [0.3, 0.4) is 0 Å². The van der Waals surface area contributed by atoms with Crippen molar-refractivity contribution in [3.63, 3.8) is 0 Å². The molecule has 0 aliphatic heterocycles. The Morgan fingerprint density at radius 2 is 2.00 bits per heavy atom. The van der Waals surface area contributed by atoms with Crippen molar-refractivity contribution in [2.24, 2.45) is 4.99 Å². The molecule has 0 aliphatic carbocycles. The van der Waals surface area contributed by atoms with E-state index in [1.807, 2.05) is 20.1 Å². The first-order chi connectivity index (χ1) is 6.24. The van der Waals surface area contributed by atoms with Crippen LogP contribution in [0.2, 0.25) is 0 Å². The molecule has 0 N–H and O–H groups in total. The maximum absolute atomic E-state index is 12.6. The molecule has 1 rings (SSSR count). The maximum Gasteiger partial charge on any atom is 0.123 e. The summed E-state index contributed by atoms with van der Waals surface area (Å²) in [6.45, 7) is 4.04. The van der Waals surface area contributed by atoms with Gasteiger partial charge in [-0.1, -0.05) is 19.1 Å². The highest BCUT2D eigenvalue weighted by Gasteiger charge is 2.00. The molecule has 0 saturated carbocycles. The van der Waals surface area contributed by atoms with Gasteiger partial charge in [-0.25, -0.2) is 4.39 Å². The van der Waals surface area contributed by atoms with Crippen LogP contribution in [0, 0.1) is 5.82 Å². The number of hydrogen-bond acceptors (Lipinski definition) is 1. The van der Waals surface area contributed by atoms with Crippen LogP contribution in [-0.2, 0) is 0 Å². The zero-order valence-corrected chi connectivity index (χ0v) is 8.00. The van der Waals surface area contributed by atoms with Crippen LogP contribution >= 0.6 is 0 Å². The number of nitrogens with zero attached hydrogens (tertiary/aromatic N) is 1. The normalized spacial score (nSPS) is 13.5. The molecular formula is C11H14FN. The average Bonchev–Trinajstić information content (AvgIpc) is 2.15. The van der Waals surface area contributed by atoms with Crippen molar-refractivity contribution in [3.05, 3.63) is 35.6 Å². The highest BCUT2D eigenvalue weighted by molar-refractivity contribution is 5.57. The molecule has 0 bridgehead atoms. The molecule has 0 aromatic heterocycles. The van der Waals surface area contributed by atoms with E-state index < -0.39 is 0 Å². The van der Waals surface area contributed by atoms with Crippen molar-refractivity contribution in [2.75, 3.05) is 0 Å². The fraction of sp³-hybridized carbons (Fsp3) is 0.364. The van der Waals surface area contributed by atoms with E-state index in [4.69, 9.17) is 0 Å². The standard InChI is InChI=1S/C11H14FN/c1-3-8-13-9(2)10-4-6-11(12)7-5-10/h4-9H,3H2,1-2H3. The Bertz CT molecular complexity index is 277. The lowest BCUT2D eigenvalue weighted by molar-refractivity contribution is 0.626. The summed E-state index contributed by atoms with van der Waals surface area (Å²) in [5, 5.41) is 0. The second kappa shape index (κ2) is 4.75. The monoisotopic (exact) mass is 179 g/mol. The van der Waals surface area contributed by atoms with E-state index in [2.05, 4.69) is 4.99 Å². The Morgan fingerprint density at radius 3 is 2.54 bits per heavy atom. The summed E-state index contributed by atoms with van der Waals surface area (Å²) in [5.41, 5.74) is 1.05. The molecule has 0 saturated heterocycles. The topological polar surface area (TPSA) is 12.4 Å². The Balaban J connectivity index is 2.71. The number of aliphatic imine (C=N–C) groups is 1. The molecule has 1 nitrogen and oxygen atoms in total. The first-order valence-electron chi connectivity index (χ1n) is 4.51. The van der Waals surface area contributed by atoms with Gasteiger partial charge in [0.15, 0.2) is 0 Å². The molecular weight excluding hydrogens is 165 g/mol. The third kappa shape index (κ3) is 2.98.